The summed E-state index contributed by atoms with van der Waals surface area (Å²) in [4.78, 5) is 25.0. The van der Waals surface area contributed by atoms with Crippen molar-refractivity contribution in [2.75, 3.05) is 20.3 Å². The lowest BCUT2D eigenvalue weighted by Gasteiger charge is -2.26. The summed E-state index contributed by atoms with van der Waals surface area (Å²) >= 11 is 0. The molecule has 1 heterocycles. The Morgan fingerprint density at radius 3 is 2.62 bits per heavy atom. The second-order valence-corrected chi connectivity index (χ2v) is 5.65. The lowest BCUT2D eigenvalue weighted by Crippen LogP contribution is -2.44. The van der Waals surface area contributed by atoms with Crippen LogP contribution in [0.2, 0.25) is 0 Å². The third-order valence-corrected chi connectivity index (χ3v) is 4.19. The number of hydrogen-bond donors (Lipinski definition) is 1. The largest absolute Gasteiger partial charge is 0.481 e. The second-order valence-electron chi connectivity index (χ2n) is 5.65. The highest BCUT2D eigenvalue weighted by Crippen LogP contribution is 2.20. The molecule has 2 rings (SSSR count). The zero-order valence-corrected chi connectivity index (χ0v) is 12.6. The Bertz CT molecular complexity index is 555. The van der Waals surface area contributed by atoms with Crippen molar-refractivity contribution in [2.24, 2.45) is 5.92 Å². The zero-order valence-electron chi connectivity index (χ0n) is 12.6. The highest BCUT2D eigenvalue weighted by atomic mass is 16.5. The summed E-state index contributed by atoms with van der Waals surface area (Å²) in [6, 6.07) is 5.55. The molecule has 1 amide bonds. The van der Waals surface area contributed by atoms with E-state index < -0.39 is 11.9 Å². The molecule has 0 bridgehead atoms. The van der Waals surface area contributed by atoms with Crippen LogP contribution in [0.1, 0.15) is 16.7 Å². The molecule has 1 N–H and O–H groups in total. The minimum Gasteiger partial charge on any atom is -0.481 e. The monoisotopic (exact) mass is 291 g/mol. The predicted octanol–water partition coefficient (Wildman–Crippen LogP) is 1.40. The van der Waals surface area contributed by atoms with Crippen molar-refractivity contribution in [2.45, 2.75) is 26.3 Å². The van der Waals surface area contributed by atoms with Crippen LogP contribution >= 0.6 is 0 Å². The molecule has 1 aliphatic heterocycles. The van der Waals surface area contributed by atoms with Crippen molar-refractivity contribution in [1.82, 2.24) is 4.90 Å². The molecule has 1 aliphatic rings. The van der Waals surface area contributed by atoms with Crippen LogP contribution in [-0.2, 0) is 20.7 Å². The second kappa shape index (κ2) is 6.26. The van der Waals surface area contributed by atoms with Gasteiger partial charge in [-0.15, -0.1) is 0 Å². The Kier molecular flexibility index (Phi) is 4.63. The number of carbonyl (C=O) groups is 2. The molecule has 1 aromatic rings. The van der Waals surface area contributed by atoms with Gasteiger partial charge in [0.15, 0.2) is 0 Å². The number of nitrogens with zero attached hydrogens (tertiary/aromatic N) is 1. The van der Waals surface area contributed by atoms with E-state index in [-0.39, 0.29) is 31.6 Å². The van der Waals surface area contributed by atoms with Crippen molar-refractivity contribution < 1.29 is 19.4 Å². The van der Waals surface area contributed by atoms with E-state index in [4.69, 9.17) is 9.84 Å². The third-order valence-electron chi connectivity index (χ3n) is 4.19. The zero-order chi connectivity index (χ0) is 15.6. The molecule has 0 spiro atoms. The van der Waals surface area contributed by atoms with Gasteiger partial charge in [0.1, 0.15) is 5.92 Å². The first-order chi connectivity index (χ1) is 9.90. The van der Waals surface area contributed by atoms with Gasteiger partial charge in [-0.3, -0.25) is 9.59 Å². The number of aryl methyl sites for hydroxylation is 2. The lowest BCUT2D eigenvalue weighted by atomic mass is 10.0. The molecule has 0 aromatic heterocycles. The van der Waals surface area contributed by atoms with E-state index in [1.165, 1.54) is 10.5 Å². The summed E-state index contributed by atoms with van der Waals surface area (Å²) in [5, 5.41) is 9.15. The van der Waals surface area contributed by atoms with Crippen molar-refractivity contribution in [3.63, 3.8) is 0 Å². The molecule has 1 aromatic carbocycles. The molecule has 2 atom stereocenters. The number of hydrogen-bond acceptors (Lipinski definition) is 3. The maximum Gasteiger partial charge on any atom is 0.311 e. The quantitative estimate of drug-likeness (QED) is 0.910. The highest BCUT2D eigenvalue weighted by Gasteiger charge is 2.38. The number of ether oxygens (including phenoxy) is 1. The van der Waals surface area contributed by atoms with Crippen LogP contribution < -0.4 is 0 Å². The number of carboxylic acid groups (broad SMARTS) is 1. The molecule has 2 unspecified atom stereocenters. The van der Waals surface area contributed by atoms with Gasteiger partial charge in [0.2, 0.25) is 5.91 Å². The number of benzene rings is 1. The minimum absolute atomic E-state index is 0.0833. The average Bonchev–Trinajstić information content (AvgIpc) is 2.91. The fraction of sp³-hybridized carbons (Fsp3) is 0.500. The summed E-state index contributed by atoms with van der Waals surface area (Å²) in [5.74, 6) is -1.64. The van der Waals surface area contributed by atoms with Gasteiger partial charge in [-0.25, -0.2) is 0 Å². The molecule has 0 saturated carbocycles. The van der Waals surface area contributed by atoms with Crippen molar-refractivity contribution in [1.29, 1.82) is 0 Å². The number of aliphatic carboxylic acids is 1. The van der Waals surface area contributed by atoms with E-state index in [1.54, 1.807) is 7.05 Å². The normalized spacial score (nSPS) is 21.3. The Morgan fingerprint density at radius 1 is 1.29 bits per heavy atom. The number of amides is 1. The molecular formula is C16H21NO4. The standard InChI is InChI=1S/C16H21NO4/c1-10-4-5-12(6-11(10)2)7-15(18)17(3)14-9-21-8-13(14)16(19)20/h4-6,13-14H,7-9H2,1-3H3,(H,19,20). The van der Waals surface area contributed by atoms with E-state index >= 15 is 0 Å². The van der Waals surface area contributed by atoms with Gasteiger partial charge < -0.3 is 14.7 Å². The maximum atomic E-state index is 12.3. The average molecular weight is 291 g/mol. The van der Waals surface area contributed by atoms with E-state index in [2.05, 4.69) is 0 Å². The Hall–Kier alpha value is -1.88. The lowest BCUT2D eigenvalue weighted by molar-refractivity contribution is -0.144. The van der Waals surface area contributed by atoms with Gasteiger partial charge in [-0.1, -0.05) is 18.2 Å². The molecule has 5 nitrogen and oxygen atoms in total. The first-order valence-electron chi connectivity index (χ1n) is 7.02. The van der Waals surface area contributed by atoms with E-state index in [0.29, 0.717) is 0 Å². The maximum absolute atomic E-state index is 12.3. The fourth-order valence-corrected chi connectivity index (χ4v) is 2.56. The molecule has 0 aliphatic carbocycles. The molecule has 21 heavy (non-hydrogen) atoms. The third kappa shape index (κ3) is 3.42. The van der Waals surface area contributed by atoms with Gasteiger partial charge in [0, 0.05) is 7.05 Å². The first kappa shape index (κ1) is 15.5. The number of rotatable bonds is 4. The van der Waals surface area contributed by atoms with Gasteiger partial charge in [0.05, 0.1) is 25.7 Å². The number of carbonyl (C=O) groups excluding carboxylic acids is 1. The summed E-state index contributed by atoms with van der Waals surface area (Å²) in [6.07, 6.45) is 0.278. The Labute approximate surface area is 124 Å². The Balaban J connectivity index is 2.05. The smallest absolute Gasteiger partial charge is 0.311 e. The molecule has 1 fully saturated rings. The first-order valence-corrected chi connectivity index (χ1v) is 7.02. The number of carboxylic acids is 1. The minimum atomic E-state index is -0.914. The topological polar surface area (TPSA) is 66.8 Å². The summed E-state index contributed by atoms with van der Waals surface area (Å²) in [7, 11) is 1.65. The van der Waals surface area contributed by atoms with Crippen LogP contribution in [0, 0.1) is 19.8 Å². The molecule has 5 heteroatoms. The Morgan fingerprint density at radius 2 is 2.00 bits per heavy atom. The van der Waals surface area contributed by atoms with Crippen LogP contribution in [0.15, 0.2) is 18.2 Å². The van der Waals surface area contributed by atoms with E-state index in [1.807, 2.05) is 32.0 Å². The summed E-state index contributed by atoms with van der Waals surface area (Å²) in [5.41, 5.74) is 3.28. The number of likely N-dealkylation sites (N-methyl/N-ethyl adjacent to an activating group) is 1. The summed E-state index contributed by atoms with van der Waals surface area (Å²) < 4.78 is 5.21. The van der Waals surface area contributed by atoms with E-state index in [9.17, 15) is 9.59 Å². The molecule has 114 valence electrons. The van der Waals surface area contributed by atoms with Crippen LogP contribution in [-0.4, -0.2) is 48.2 Å². The van der Waals surface area contributed by atoms with Gasteiger partial charge >= 0.3 is 5.97 Å². The van der Waals surface area contributed by atoms with Gasteiger partial charge in [-0.2, -0.15) is 0 Å². The predicted molar refractivity (Wildman–Crippen MR) is 78.1 cm³/mol. The molecule has 0 radical (unpaired) electrons. The van der Waals surface area contributed by atoms with Crippen LogP contribution in [0.25, 0.3) is 0 Å². The van der Waals surface area contributed by atoms with Crippen molar-refractivity contribution in [3.05, 3.63) is 34.9 Å². The summed E-state index contributed by atoms with van der Waals surface area (Å²) in [6.45, 7) is 4.49. The molecular weight excluding hydrogens is 270 g/mol. The van der Waals surface area contributed by atoms with Crippen LogP contribution in [0.3, 0.4) is 0 Å². The van der Waals surface area contributed by atoms with Gasteiger partial charge in [0.25, 0.3) is 0 Å². The van der Waals surface area contributed by atoms with Gasteiger partial charge in [-0.05, 0) is 30.5 Å². The fourth-order valence-electron chi connectivity index (χ4n) is 2.56. The van der Waals surface area contributed by atoms with Crippen molar-refractivity contribution in [3.8, 4) is 0 Å². The highest BCUT2D eigenvalue weighted by molar-refractivity contribution is 5.80. The molecule has 1 saturated heterocycles. The van der Waals surface area contributed by atoms with Crippen LogP contribution in [0.4, 0.5) is 0 Å². The van der Waals surface area contributed by atoms with Crippen molar-refractivity contribution >= 4 is 11.9 Å². The van der Waals surface area contributed by atoms with Crippen LogP contribution in [0.5, 0.6) is 0 Å². The van der Waals surface area contributed by atoms with E-state index in [0.717, 1.165) is 11.1 Å². The SMILES string of the molecule is Cc1ccc(CC(=O)N(C)C2COCC2C(=O)O)cc1C.